The highest BCUT2D eigenvalue weighted by atomic mass is 79.9. The average molecular weight is 797 g/mol. The molecule has 3 aliphatic heterocycles. The van der Waals surface area contributed by atoms with Crippen LogP contribution in [-0.2, 0) is 57.5 Å². The lowest BCUT2D eigenvalue weighted by molar-refractivity contribution is -0.149. The zero-order valence-corrected chi connectivity index (χ0v) is 33.0. The van der Waals surface area contributed by atoms with Crippen molar-refractivity contribution in [1.82, 2.24) is 9.80 Å². The van der Waals surface area contributed by atoms with Gasteiger partial charge in [0.25, 0.3) is 11.8 Å². The number of fused-ring (bicyclic) bond motifs is 2. The third kappa shape index (κ3) is 10.2. The number of anilines is 1. The molecule has 13 nitrogen and oxygen atoms in total. The minimum absolute atomic E-state index is 0.000619. The van der Waals surface area contributed by atoms with E-state index in [0.29, 0.717) is 40.5 Å². The Kier molecular flexibility index (Phi) is 12.5. The molecule has 2 atom stereocenters. The molecular weight excluding hydrogens is 750 g/mol. The lowest BCUT2D eigenvalue weighted by Crippen LogP contribution is -2.58. The summed E-state index contributed by atoms with van der Waals surface area (Å²) in [6, 6.07) is 11.0. The number of rotatable bonds is 1. The van der Waals surface area contributed by atoms with E-state index in [0.717, 1.165) is 11.1 Å². The SMILES string of the molecule is CC(C)(C)OC(=O)N1C(=O)CCC(Br)C1=O.Cc1ccc2c(c1)CC(=O)C2.Cc1ccc2c(c1)CC(=O)N2C1CCC(=O)N(C(=O)OC(C)(C)C)C1=O. The Hall–Kier alpha value is -4.72. The van der Waals surface area contributed by atoms with Crippen molar-refractivity contribution in [2.24, 2.45) is 0 Å². The summed E-state index contributed by atoms with van der Waals surface area (Å²) in [4.78, 5) is 97.7. The van der Waals surface area contributed by atoms with E-state index in [1.54, 1.807) is 47.6 Å². The number of ketones is 1. The van der Waals surface area contributed by atoms with Gasteiger partial charge in [-0.25, -0.2) is 9.59 Å². The molecule has 2 aromatic rings. The lowest BCUT2D eigenvalue weighted by Gasteiger charge is -2.35. The van der Waals surface area contributed by atoms with E-state index in [-0.39, 0.29) is 31.6 Å². The largest absolute Gasteiger partial charge is 0.443 e. The number of alkyl halides is 1. The van der Waals surface area contributed by atoms with Crippen LogP contribution in [-0.4, -0.2) is 79.4 Å². The number of halogens is 1. The van der Waals surface area contributed by atoms with E-state index < -0.39 is 57.9 Å². The summed E-state index contributed by atoms with van der Waals surface area (Å²) in [7, 11) is 0. The van der Waals surface area contributed by atoms with Crippen LogP contribution in [0.5, 0.6) is 0 Å². The van der Waals surface area contributed by atoms with Crippen LogP contribution in [0.3, 0.4) is 0 Å². The maximum Gasteiger partial charge on any atom is 0.424 e. The highest BCUT2D eigenvalue weighted by Crippen LogP contribution is 2.34. The third-order valence-corrected chi connectivity index (χ3v) is 9.29. The van der Waals surface area contributed by atoms with E-state index in [1.807, 2.05) is 19.1 Å². The zero-order valence-electron chi connectivity index (χ0n) is 31.4. The molecule has 6 rings (SSSR count). The number of carbonyl (C=O) groups excluding carboxylic acids is 8. The first-order valence-corrected chi connectivity index (χ1v) is 18.3. The Morgan fingerprint density at radius 3 is 1.70 bits per heavy atom. The van der Waals surface area contributed by atoms with Gasteiger partial charge < -0.3 is 9.47 Å². The van der Waals surface area contributed by atoms with Gasteiger partial charge >= 0.3 is 12.2 Å². The van der Waals surface area contributed by atoms with E-state index in [9.17, 15) is 38.4 Å². The number of Topliss-reactive ketones (excluding diaryl/α,β-unsaturated/α-hetero) is 1. The fourth-order valence-corrected chi connectivity index (χ4v) is 6.58. The molecule has 1 aliphatic carbocycles. The van der Waals surface area contributed by atoms with Crippen LogP contribution in [0.2, 0.25) is 0 Å². The maximum atomic E-state index is 12.9. The number of imide groups is 6. The zero-order chi connectivity index (χ0) is 39.6. The summed E-state index contributed by atoms with van der Waals surface area (Å²) >= 11 is 3.12. The summed E-state index contributed by atoms with van der Waals surface area (Å²) in [6.45, 7) is 14.0. The monoisotopic (exact) mass is 795 g/mol. The molecule has 4 aliphatic rings. The second kappa shape index (κ2) is 16.1. The fraction of sp³-hybridized carbons (Fsp3) is 0.487. The normalized spacial score (nSPS) is 19.9. The molecule has 0 aromatic heterocycles. The van der Waals surface area contributed by atoms with E-state index in [4.69, 9.17) is 9.47 Å². The number of hydrogen-bond donors (Lipinski definition) is 0. The molecular formula is C39H46BrN3O10. The number of ether oxygens (including phenoxy) is 2. The van der Waals surface area contributed by atoms with Gasteiger partial charge in [-0.15, -0.1) is 0 Å². The average Bonchev–Trinajstić information content (AvgIpc) is 3.55. The van der Waals surface area contributed by atoms with Crippen molar-refractivity contribution >= 4 is 69.1 Å². The van der Waals surface area contributed by atoms with Crippen LogP contribution in [0.25, 0.3) is 0 Å². The van der Waals surface area contributed by atoms with E-state index in [1.165, 1.54) is 21.6 Å². The number of aryl methyl sites for hydroxylation is 2. The topological polar surface area (TPSA) is 165 Å². The molecule has 284 valence electrons. The van der Waals surface area contributed by atoms with Gasteiger partial charge in [0.2, 0.25) is 17.7 Å². The minimum Gasteiger partial charge on any atom is -0.443 e. The van der Waals surface area contributed by atoms with Gasteiger partial charge in [0.05, 0.1) is 11.2 Å². The predicted octanol–water partition coefficient (Wildman–Crippen LogP) is 5.83. The summed E-state index contributed by atoms with van der Waals surface area (Å²) < 4.78 is 10.2. The van der Waals surface area contributed by atoms with Crippen LogP contribution in [0.4, 0.5) is 15.3 Å². The second-order valence-electron chi connectivity index (χ2n) is 15.4. The number of hydrogen-bond acceptors (Lipinski definition) is 10. The fourth-order valence-electron chi connectivity index (χ4n) is 6.15. The predicted molar refractivity (Wildman–Crippen MR) is 197 cm³/mol. The molecule has 14 heteroatoms. The molecule has 53 heavy (non-hydrogen) atoms. The Morgan fingerprint density at radius 2 is 1.13 bits per heavy atom. The summed E-state index contributed by atoms with van der Waals surface area (Å²) in [6.07, 6.45) is 0.391. The molecule has 2 unspecified atom stereocenters. The van der Waals surface area contributed by atoms with Gasteiger partial charge in [0.15, 0.2) is 0 Å². The second-order valence-corrected chi connectivity index (χ2v) is 16.5. The highest BCUT2D eigenvalue weighted by Gasteiger charge is 2.46. The molecule has 7 amide bonds. The Morgan fingerprint density at radius 1 is 0.642 bits per heavy atom. The van der Waals surface area contributed by atoms with Crippen LogP contribution < -0.4 is 4.90 Å². The first-order valence-electron chi connectivity index (χ1n) is 17.4. The standard InChI is InChI=1S/C19H22N2O5.C10H14BrNO4.C10H10O/c1-11-5-6-13-12(9-11)10-16(23)20(13)14-7-8-15(22)21(17(14)24)18(25)26-19(2,3)4;1-10(2,3)16-9(15)12-7(13)5-4-6(11)8(12)14;1-7-2-3-8-5-10(11)6-9(8)4-7/h5-6,9,14H,7-8,10H2,1-4H3;6H,4-5H2,1-3H3;2-4H,5-6H2,1H3. The molecule has 2 saturated heterocycles. The van der Waals surface area contributed by atoms with Crippen LogP contribution in [0.1, 0.15) is 95.0 Å². The van der Waals surface area contributed by atoms with E-state index >= 15 is 0 Å². The van der Waals surface area contributed by atoms with Crippen molar-refractivity contribution in [3.8, 4) is 0 Å². The van der Waals surface area contributed by atoms with Gasteiger partial charge in [0.1, 0.15) is 23.0 Å². The first kappa shape index (κ1) is 41.0. The van der Waals surface area contributed by atoms with Crippen LogP contribution in [0, 0.1) is 13.8 Å². The minimum atomic E-state index is -0.993. The van der Waals surface area contributed by atoms with Gasteiger partial charge in [-0.1, -0.05) is 57.4 Å². The highest BCUT2D eigenvalue weighted by molar-refractivity contribution is 9.10. The van der Waals surface area contributed by atoms with Crippen molar-refractivity contribution in [3.05, 3.63) is 64.2 Å². The smallest absolute Gasteiger partial charge is 0.424 e. The van der Waals surface area contributed by atoms with Crippen molar-refractivity contribution in [2.45, 2.75) is 122 Å². The number of nitrogens with zero attached hydrogens (tertiary/aromatic N) is 3. The molecule has 2 fully saturated rings. The molecule has 0 radical (unpaired) electrons. The molecule has 0 N–H and O–H groups in total. The number of carbonyl (C=O) groups is 8. The number of likely N-dealkylation sites (tertiary alicyclic amines) is 2. The molecule has 3 heterocycles. The van der Waals surface area contributed by atoms with Gasteiger partial charge in [-0.05, 0) is 91.0 Å². The van der Waals surface area contributed by atoms with Crippen molar-refractivity contribution in [3.63, 3.8) is 0 Å². The summed E-state index contributed by atoms with van der Waals surface area (Å²) in [5.41, 5.74) is 4.68. The number of piperidine rings is 2. The molecule has 2 aromatic carbocycles. The Bertz CT molecular complexity index is 1860. The lowest BCUT2D eigenvalue weighted by atomic mass is 10.0. The molecule has 0 saturated carbocycles. The van der Waals surface area contributed by atoms with Crippen LogP contribution in [0.15, 0.2) is 36.4 Å². The van der Waals surface area contributed by atoms with Crippen molar-refractivity contribution in [2.75, 3.05) is 4.90 Å². The first-order chi connectivity index (χ1) is 24.6. The van der Waals surface area contributed by atoms with E-state index in [2.05, 4.69) is 41.1 Å². The van der Waals surface area contributed by atoms with Gasteiger partial charge in [-0.2, -0.15) is 9.80 Å². The number of amides is 7. The molecule has 0 bridgehead atoms. The quantitative estimate of drug-likeness (QED) is 0.253. The Labute approximate surface area is 317 Å². The Balaban J connectivity index is 0.000000197. The summed E-state index contributed by atoms with van der Waals surface area (Å²) in [5.74, 6) is -2.22. The van der Waals surface area contributed by atoms with Gasteiger partial charge in [-0.3, -0.25) is 33.7 Å². The number of benzene rings is 2. The van der Waals surface area contributed by atoms with Gasteiger partial charge in [0, 0.05) is 31.4 Å². The van der Waals surface area contributed by atoms with Crippen molar-refractivity contribution in [1.29, 1.82) is 0 Å². The third-order valence-electron chi connectivity index (χ3n) is 8.44. The maximum absolute atomic E-state index is 12.9. The van der Waals surface area contributed by atoms with Crippen LogP contribution >= 0.6 is 15.9 Å². The van der Waals surface area contributed by atoms with Crippen molar-refractivity contribution < 1.29 is 47.8 Å². The summed E-state index contributed by atoms with van der Waals surface area (Å²) in [5, 5.41) is 0. The molecule has 0 spiro atoms.